The third-order valence-electron chi connectivity index (χ3n) is 5.31. The second-order valence-electron chi connectivity index (χ2n) is 7.71. The normalized spacial score (nSPS) is 16.4. The molecule has 0 aliphatic carbocycles. The molecule has 1 saturated heterocycles. The maximum absolute atomic E-state index is 12.6. The van der Waals surface area contributed by atoms with Crippen molar-refractivity contribution in [2.75, 3.05) is 26.2 Å². The Kier molecular flexibility index (Phi) is 6.97. The van der Waals surface area contributed by atoms with Crippen LogP contribution in [0.3, 0.4) is 0 Å². The SMILES string of the molecule is O=C(NC1CCN(CC(O)COc2ccc(Cl)cc2)CC1)c1nc2ccc(Cl)cc2[nH]1. The van der Waals surface area contributed by atoms with E-state index < -0.39 is 6.10 Å². The molecular formula is C22H24Cl2N4O3. The average Bonchev–Trinajstić information content (AvgIpc) is 3.18. The highest BCUT2D eigenvalue weighted by Crippen LogP contribution is 2.18. The van der Waals surface area contributed by atoms with E-state index in [0.717, 1.165) is 31.4 Å². The van der Waals surface area contributed by atoms with Crippen molar-refractivity contribution >= 4 is 40.1 Å². The van der Waals surface area contributed by atoms with E-state index in [0.29, 0.717) is 27.9 Å². The molecule has 1 aliphatic heterocycles. The van der Waals surface area contributed by atoms with Crippen LogP contribution < -0.4 is 10.1 Å². The summed E-state index contributed by atoms with van der Waals surface area (Å²) in [4.78, 5) is 22.1. The van der Waals surface area contributed by atoms with E-state index in [-0.39, 0.29) is 24.4 Å². The van der Waals surface area contributed by atoms with Gasteiger partial charge in [-0.2, -0.15) is 0 Å². The van der Waals surface area contributed by atoms with Crippen LogP contribution in [0.15, 0.2) is 42.5 Å². The number of likely N-dealkylation sites (tertiary alicyclic amines) is 1. The lowest BCUT2D eigenvalue weighted by atomic mass is 10.0. The number of nitrogens with zero attached hydrogens (tertiary/aromatic N) is 2. The van der Waals surface area contributed by atoms with Crippen molar-refractivity contribution in [2.45, 2.75) is 25.0 Å². The first-order chi connectivity index (χ1) is 15.0. The smallest absolute Gasteiger partial charge is 0.287 e. The van der Waals surface area contributed by atoms with Crippen molar-refractivity contribution in [3.8, 4) is 5.75 Å². The zero-order chi connectivity index (χ0) is 21.8. The van der Waals surface area contributed by atoms with Gasteiger partial charge in [-0.1, -0.05) is 23.2 Å². The number of amides is 1. The van der Waals surface area contributed by atoms with Gasteiger partial charge in [-0.15, -0.1) is 0 Å². The summed E-state index contributed by atoms with van der Waals surface area (Å²) in [6.45, 7) is 2.32. The third kappa shape index (κ3) is 5.89. The standard InChI is InChI=1S/C22H24Cl2N4O3/c23-14-1-4-18(5-2-14)31-13-17(29)12-28-9-7-16(8-10-28)25-22(30)21-26-19-6-3-15(24)11-20(19)27-21/h1-6,11,16-17,29H,7-10,12-13H2,(H,25,30)(H,26,27). The molecule has 3 aromatic rings. The van der Waals surface area contributed by atoms with Gasteiger partial charge in [-0.25, -0.2) is 4.98 Å². The molecule has 0 bridgehead atoms. The molecule has 1 aliphatic rings. The topological polar surface area (TPSA) is 90.5 Å². The first-order valence-corrected chi connectivity index (χ1v) is 11.0. The number of carbonyl (C=O) groups excluding carboxylic acids is 1. The number of H-pyrrole nitrogens is 1. The van der Waals surface area contributed by atoms with Gasteiger partial charge < -0.3 is 25.0 Å². The molecule has 0 radical (unpaired) electrons. The largest absolute Gasteiger partial charge is 0.491 e. The molecule has 7 nitrogen and oxygen atoms in total. The number of aliphatic hydroxyl groups excluding tert-OH is 1. The summed E-state index contributed by atoms with van der Waals surface area (Å²) in [6, 6.07) is 12.4. The first-order valence-electron chi connectivity index (χ1n) is 10.2. The van der Waals surface area contributed by atoms with Crippen molar-refractivity contribution in [3.63, 3.8) is 0 Å². The number of nitrogens with one attached hydrogen (secondary N) is 2. The fraction of sp³-hybridized carbons (Fsp3) is 0.364. The number of carbonyl (C=O) groups is 1. The summed E-state index contributed by atoms with van der Waals surface area (Å²) in [5.41, 5.74) is 1.45. The second kappa shape index (κ2) is 9.87. The van der Waals surface area contributed by atoms with Crippen LogP contribution >= 0.6 is 23.2 Å². The number of hydrogen-bond donors (Lipinski definition) is 3. The number of halogens is 2. The highest BCUT2D eigenvalue weighted by molar-refractivity contribution is 6.31. The monoisotopic (exact) mass is 462 g/mol. The predicted octanol–water partition coefficient (Wildman–Crippen LogP) is 3.50. The molecule has 9 heteroatoms. The van der Waals surface area contributed by atoms with Crippen molar-refractivity contribution < 1.29 is 14.6 Å². The lowest BCUT2D eigenvalue weighted by molar-refractivity contribution is 0.0567. The molecule has 1 fully saturated rings. The molecular weight excluding hydrogens is 439 g/mol. The van der Waals surface area contributed by atoms with Gasteiger partial charge >= 0.3 is 0 Å². The van der Waals surface area contributed by atoms with Crippen LogP contribution in [0.1, 0.15) is 23.5 Å². The minimum absolute atomic E-state index is 0.0722. The van der Waals surface area contributed by atoms with Gasteiger partial charge in [0.15, 0.2) is 5.82 Å². The Bertz CT molecular complexity index is 1030. The fourth-order valence-corrected chi connectivity index (χ4v) is 3.98. The summed E-state index contributed by atoms with van der Waals surface area (Å²) in [5.74, 6) is 0.745. The number of aliphatic hydroxyl groups is 1. The van der Waals surface area contributed by atoms with E-state index in [9.17, 15) is 9.90 Å². The molecule has 2 heterocycles. The molecule has 1 aromatic heterocycles. The quantitative estimate of drug-likeness (QED) is 0.499. The summed E-state index contributed by atoms with van der Waals surface area (Å²) in [5, 5.41) is 14.6. The predicted molar refractivity (Wildman–Crippen MR) is 121 cm³/mol. The fourth-order valence-electron chi connectivity index (χ4n) is 3.68. The zero-order valence-corrected chi connectivity index (χ0v) is 18.4. The highest BCUT2D eigenvalue weighted by Gasteiger charge is 2.24. The van der Waals surface area contributed by atoms with Gasteiger partial charge in [-0.3, -0.25) is 4.79 Å². The number of rotatable bonds is 7. The van der Waals surface area contributed by atoms with Crippen LogP contribution in [-0.2, 0) is 0 Å². The third-order valence-corrected chi connectivity index (χ3v) is 5.79. The number of piperidine rings is 1. The van der Waals surface area contributed by atoms with Gasteiger partial charge in [0.05, 0.1) is 11.0 Å². The number of aromatic amines is 1. The lowest BCUT2D eigenvalue weighted by Crippen LogP contribution is -2.47. The van der Waals surface area contributed by atoms with E-state index in [1.165, 1.54) is 0 Å². The van der Waals surface area contributed by atoms with Crippen LogP contribution in [0.25, 0.3) is 11.0 Å². The number of imidazole rings is 1. The van der Waals surface area contributed by atoms with Crippen molar-refractivity contribution in [2.24, 2.45) is 0 Å². The first kappa shape index (κ1) is 21.9. The Morgan fingerprint density at radius 3 is 2.65 bits per heavy atom. The maximum atomic E-state index is 12.6. The van der Waals surface area contributed by atoms with Crippen LogP contribution in [0, 0.1) is 0 Å². The zero-order valence-electron chi connectivity index (χ0n) is 16.9. The molecule has 1 atom stereocenters. The molecule has 0 spiro atoms. The van der Waals surface area contributed by atoms with Crippen LogP contribution in [0.2, 0.25) is 10.0 Å². The van der Waals surface area contributed by atoms with Crippen molar-refractivity contribution in [1.82, 2.24) is 20.2 Å². The number of fused-ring (bicyclic) bond motifs is 1. The summed E-state index contributed by atoms with van der Waals surface area (Å²) < 4.78 is 5.61. The van der Waals surface area contributed by atoms with Crippen LogP contribution in [0.5, 0.6) is 5.75 Å². The molecule has 31 heavy (non-hydrogen) atoms. The Morgan fingerprint density at radius 1 is 1.19 bits per heavy atom. The molecule has 3 N–H and O–H groups in total. The number of ether oxygens (including phenoxy) is 1. The van der Waals surface area contributed by atoms with Gasteiger partial charge in [0.1, 0.15) is 18.5 Å². The van der Waals surface area contributed by atoms with E-state index in [2.05, 4.69) is 20.2 Å². The number of hydrogen-bond acceptors (Lipinski definition) is 5. The van der Waals surface area contributed by atoms with Gasteiger partial charge in [0.2, 0.25) is 0 Å². The lowest BCUT2D eigenvalue weighted by Gasteiger charge is -2.33. The Morgan fingerprint density at radius 2 is 1.90 bits per heavy atom. The van der Waals surface area contributed by atoms with E-state index in [4.69, 9.17) is 27.9 Å². The highest BCUT2D eigenvalue weighted by atomic mass is 35.5. The number of benzene rings is 2. The molecule has 4 rings (SSSR count). The van der Waals surface area contributed by atoms with E-state index in [1.54, 1.807) is 42.5 Å². The number of aromatic nitrogens is 2. The Hall–Kier alpha value is -2.32. The van der Waals surface area contributed by atoms with Crippen LogP contribution in [-0.4, -0.2) is 64.3 Å². The molecule has 1 unspecified atom stereocenters. The minimum atomic E-state index is -0.593. The summed E-state index contributed by atoms with van der Waals surface area (Å²) >= 11 is 11.8. The average molecular weight is 463 g/mol. The molecule has 164 valence electrons. The number of β-amino-alcohol motifs (C(OH)–C–C–N with tert-alkyl or cyclic N) is 1. The van der Waals surface area contributed by atoms with Gasteiger partial charge in [0.25, 0.3) is 5.91 Å². The van der Waals surface area contributed by atoms with Crippen molar-refractivity contribution in [3.05, 3.63) is 58.3 Å². The van der Waals surface area contributed by atoms with Gasteiger partial charge in [0, 0.05) is 35.7 Å². The molecule has 2 aromatic carbocycles. The molecule has 0 saturated carbocycles. The van der Waals surface area contributed by atoms with E-state index in [1.807, 2.05) is 0 Å². The Labute approximate surface area is 190 Å². The van der Waals surface area contributed by atoms with Crippen LogP contribution in [0.4, 0.5) is 0 Å². The van der Waals surface area contributed by atoms with Crippen molar-refractivity contribution in [1.29, 1.82) is 0 Å². The van der Waals surface area contributed by atoms with E-state index >= 15 is 0 Å². The molecule has 1 amide bonds. The summed E-state index contributed by atoms with van der Waals surface area (Å²) in [6.07, 6.45) is 1.02. The maximum Gasteiger partial charge on any atom is 0.287 e. The minimum Gasteiger partial charge on any atom is -0.491 e. The summed E-state index contributed by atoms with van der Waals surface area (Å²) in [7, 11) is 0. The van der Waals surface area contributed by atoms with Gasteiger partial charge in [-0.05, 0) is 55.3 Å². The second-order valence-corrected chi connectivity index (χ2v) is 8.59. The Balaban J connectivity index is 1.20.